The minimum absolute atomic E-state index is 0.0248. The molecule has 7 nitrogen and oxygen atoms in total. The van der Waals surface area contributed by atoms with Crippen molar-refractivity contribution < 1.29 is 23.8 Å². The number of hydrogen-bond donors (Lipinski definition) is 1. The number of ether oxygens (including phenoxy) is 1. The first kappa shape index (κ1) is 20.7. The van der Waals surface area contributed by atoms with Crippen molar-refractivity contribution in [3.63, 3.8) is 0 Å². The van der Waals surface area contributed by atoms with Crippen LogP contribution in [0.15, 0.2) is 46.4 Å². The maximum absolute atomic E-state index is 12.9. The van der Waals surface area contributed by atoms with E-state index in [0.29, 0.717) is 42.5 Å². The highest BCUT2D eigenvalue weighted by Crippen LogP contribution is 2.40. The summed E-state index contributed by atoms with van der Waals surface area (Å²) in [4.78, 5) is 29.0. The summed E-state index contributed by atoms with van der Waals surface area (Å²) in [5, 5.41) is 11.0. The molecule has 1 aliphatic rings. The van der Waals surface area contributed by atoms with Crippen molar-refractivity contribution in [1.82, 2.24) is 9.80 Å². The summed E-state index contributed by atoms with van der Waals surface area (Å²) >= 11 is 0. The minimum atomic E-state index is -0.778. The summed E-state index contributed by atoms with van der Waals surface area (Å²) in [6.07, 6.45) is 0. The lowest BCUT2D eigenvalue weighted by atomic mass is 9.99. The molecule has 1 N–H and O–H groups in total. The zero-order valence-corrected chi connectivity index (χ0v) is 17.1. The molecule has 1 amide bonds. The predicted molar refractivity (Wildman–Crippen MR) is 109 cm³/mol. The summed E-state index contributed by atoms with van der Waals surface area (Å²) in [5.41, 5.74) is 0.437. The second kappa shape index (κ2) is 8.53. The fraction of sp³-hybridized carbons (Fsp3) is 0.364. The van der Waals surface area contributed by atoms with Crippen molar-refractivity contribution in [2.45, 2.75) is 19.9 Å². The van der Waals surface area contributed by atoms with E-state index in [1.807, 2.05) is 25.9 Å². The molecule has 7 heteroatoms. The Morgan fingerprint density at radius 1 is 1.24 bits per heavy atom. The van der Waals surface area contributed by atoms with Crippen molar-refractivity contribution >= 4 is 17.4 Å². The zero-order chi connectivity index (χ0) is 21.1. The number of furan rings is 1. The molecule has 1 aromatic heterocycles. The van der Waals surface area contributed by atoms with Gasteiger partial charge < -0.3 is 24.1 Å². The molecule has 0 saturated carbocycles. The number of aliphatic hydroxyl groups excluding tert-OH is 1. The molecular formula is C22H26N2O5. The number of ketones is 1. The second-order valence-electron chi connectivity index (χ2n) is 7.21. The number of nitrogens with zero attached hydrogens (tertiary/aromatic N) is 2. The maximum Gasteiger partial charge on any atom is 0.295 e. The summed E-state index contributed by atoms with van der Waals surface area (Å²) in [5.74, 6) is 0.0788. The third-order valence-electron chi connectivity index (χ3n) is 4.78. The predicted octanol–water partition coefficient (Wildman–Crippen LogP) is 2.97. The van der Waals surface area contributed by atoms with Gasteiger partial charge >= 0.3 is 0 Å². The number of benzene rings is 1. The van der Waals surface area contributed by atoms with Gasteiger partial charge in [-0.3, -0.25) is 9.59 Å². The van der Waals surface area contributed by atoms with Gasteiger partial charge in [-0.1, -0.05) is 12.1 Å². The molecule has 0 radical (unpaired) electrons. The van der Waals surface area contributed by atoms with Gasteiger partial charge in [0.05, 0.1) is 12.2 Å². The Morgan fingerprint density at radius 2 is 2.00 bits per heavy atom. The number of carbonyl (C=O) groups excluding carboxylic acids is 2. The number of aliphatic hydroxyl groups is 1. The van der Waals surface area contributed by atoms with Crippen molar-refractivity contribution in [2.24, 2.45) is 0 Å². The van der Waals surface area contributed by atoms with Crippen LogP contribution in [-0.4, -0.2) is 60.4 Å². The van der Waals surface area contributed by atoms with Crippen LogP contribution in [0.5, 0.6) is 5.75 Å². The Labute approximate surface area is 170 Å². The number of rotatable bonds is 7. The van der Waals surface area contributed by atoms with Gasteiger partial charge in [0, 0.05) is 18.7 Å². The SMILES string of the molecule is CCOc1cccc(C(O)=C2C(=O)C(=O)N(CCN(C)C)[C@H]2c2ccc(C)o2)c1. The number of hydrogen-bond acceptors (Lipinski definition) is 6. The molecule has 29 heavy (non-hydrogen) atoms. The summed E-state index contributed by atoms with van der Waals surface area (Å²) < 4.78 is 11.2. The summed E-state index contributed by atoms with van der Waals surface area (Å²) in [7, 11) is 3.78. The minimum Gasteiger partial charge on any atom is -0.507 e. The average molecular weight is 398 g/mol. The molecule has 0 aliphatic carbocycles. The highest BCUT2D eigenvalue weighted by Gasteiger charge is 2.47. The fourth-order valence-electron chi connectivity index (χ4n) is 3.37. The third-order valence-corrected chi connectivity index (χ3v) is 4.78. The topological polar surface area (TPSA) is 83.2 Å². The van der Waals surface area contributed by atoms with E-state index in [1.165, 1.54) is 4.90 Å². The molecule has 0 unspecified atom stereocenters. The van der Waals surface area contributed by atoms with Gasteiger partial charge in [0.1, 0.15) is 29.1 Å². The fourth-order valence-corrected chi connectivity index (χ4v) is 3.37. The molecule has 1 fully saturated rings. The van der Waals surface area contributed by atoms with E-state index in [2.05, 4.69) is 0 Å². The van der Waals surface area contributed by atoms with Crippen LogP contribution < -0.4 is 4.74 Å². The number of amides is 1. The van der Waals surface area contributed by atoms with E-state index in [-0.39, 0.29) is 11.3 Å². The quantitative estimate of drug-likeness (QED) is 0.439. The molecule has 2 heterocycles. The summed E-state index contributed by atoms with van der Waals surface area (Å²) in [6.45, 7) is 5.04. The largest absolute Gasteiger partial charge is 0.507 e. The first-order valence-corrected chi connectivity index (χ1v) is 9.56. The smallest absolute Gasteiger partial charge is 0.295 e. The van der Waals surface area contributed by atoms with Crippen LogP contribution in [0.2, 0.25) is 0 Å². The molecule has 154 valence electrons. The van der Waals surface area contributed by atoms with Crippen LogP contribution >= 0.6 is 0 Å². The van der Waals surface area contributed by atoms with Gasteiger partial charge in [-0.05, 0) is 52.2 Å². The van der Waals surface area contributed by atoms with Crippen LogP contribution in [0, 0.1) is 6.92 Å². The summed E-state index contributed by atoms with van der Waals surface area (Å²) in [6, 6.07) is 9.55. The van der Waals surface area contributed by atoms with Crippen LogP contribution in [-0.2, 0) is 9.59 Å². The molecule has 0 bridgehead atoms. The number of likely N-dealkylation sites (tertiary alicyclic amines) is 1. The zero-order valence-electron chi connectivity index (χ0n) is 17.1. The van der Waals surface area contributed by atoms with Crippen molar-refractivity contribution in [2.75, 3.05) is 33.8 Å². The Balaban J connectivity index is 2.10. The average Bonchev–Trinajstić information content (AvgIpc) is 3.21. The number of aryl methyl sites for hydroxylation is 1. The molecule has 1 saturated heterocycles. The van der Waals surface area contributed by atoms with E-state index < -0.39 is 17.7 Å². The first-order valence-electron chi connectivity index (χ1n) is 9.56. The normalized spacial score (nSPS) is 18.7. The van der Waals surface area contributed by atoms with Crippen LogP contribution in [0.25, 0.3) is 5.76 Å². The van der Waals surface area contributed by atoms with Gasteiger partial charge in [-0.2, -0.15) is 0 Å². The van der Waals surface area contributed by atoms with E-state index in [4.69, 9.17) is 9.15 Å². The maximum atomic E-state index is 12.9. The van der Waals surface area contributed by atoms with Gasteiger partial charge in [-0.15, -0.1) is 0 Å². The number of likely N-dealkylation sites (N-methyl/N-ethyl adjacent to an activating group) is 1. The van der Waals surface area contributed by atoms with E-state index in [0.717, 1.165) is 0 Å². The standard InChI is InChI=1S/C22H26N2O5/c1-5-28-16-8-6-7-15(13-16)20(25)18-19(17-10-9-14(2)29-17)24(12-11-23(3)4)22(27)21(18)26/h6-10,13,19,25H,5,11-12H2,1-4H3/t19-/m0/s1. The lowest BCUT2D eigenvalue weighted by Crippen LogP contribution is -2.35. The Morgan fingerprint density at radius 3 is 2.62 bits per heavy atom. The number of carbonyl (C=O) groups is 2. The third kappa shape index (κ3) is 4.19. The number of Topliss-reactive ketones (excluding diaryl/α,β-unsaturated/α-hetero) is 1. The lowest BCUT2D eigenvalue weighted by Gasteiger charge is -2.24. The van der Waals surface area contributed by atoms with Crippen molar-refractivity contribution in [1.29, 1.82) is 0 Å². The van der Waals surface area contributed by atoms with Gasteiger partial charge in [0.2, 0.25) is 0 Å². The van der Waals surface area contributed by atoms with Gasteiger partial charge in [0.15, 0.2) is 0 Å². The van der Waals surface area contributed by atoms with E-state index >= 15 is 0 Å². The monoisotopic (exact) mass is 398 g/mol. The van der Waals surface area contributed by atoms with E-state index in [1.54, 1.807) is 43.3 Å². The van der Waals surface area contributed by atoms with Crippen molar-refractivity contribution in [3.05, 3.63) is 59.1 Å². The lowest BCUT2D eigenvalue weighted by molar-refractivity contribution is -0.140. The molecule has 2 aromatic rings. The molecule has 1 atom stereocenters. The second-order valence-corrected chi connectivity index (χ2v) is 7.21. The van der Waals surface area contributed by atoms with E-state index in [9.17, 15) is 14.7 Å². The highest BCUT2D eigenvalue weighted by atomic mass is 16.5. The Hall–Kier alpha value is -3.06. The van der Waals surface area contributed by atoms with Crippen LogP contribution in [0.1, 0.15) is 30.0 Å². The molecule has 3 rings (SSSR count). The van der Waals surface area contributed by atoms with Crippen LogP contribution in [0.3, 0.4) is 0 Å². The molecule has 0 spiro atoms. The Bertz CT molecular complexity index is 944. The van der Waals surface area contributed by atoms with Gasteiger partial charge in [0.25, 0.3) is 11.7 Å². The van der Waals surface area contributed by atoms with Gasteiger partial charge in [-0.25, -0.2) is 0 Å². The Kier molecular flexibility index (Phi) is 6.08. The van der Waals surface area contributed by atoms with Crippen molar-refractivity contribution in [3.8, 4) is 5.75 Å². The highest BCUT2D eigenvalue weighted by molar-refractivity contribution is 6.46. The first-order chi connectivity index (χ1) is 13.8. The van der Waals surface area contributed by atoms with Crippen LogP contribution in [0.4, 0.5) is 0 Å². The molecule has 1 aromatic carbocycles. The molecule has 1 aliphatic heterocycles. The molecular weight excluding hydrogens is 372 g/mol.